The van der Waals surface area contributed by atoms with E-state index in [-0.39, 0.29) is 24.8 Å². The number of carbonyl (C=O) groups is 2. The molecule has 0 saturated heterocycles. The lowest BCUT2D eigenvalue weighted by atomic mass is 10.1. The van der Waals surface area contributed by atoms with Gasteiger partial charge >= 0.3 is 0 Å². The van der Waals surface area contributed by atoms with Gasteiger partial charge in [0.05, 0.1) is 11.9 Å². The van der Waals surface area contributed by atoms with Crippen LogP contribution in [0.2, 0.25) is 0 Å². The summed E-state index contributed by atoms with van der Waals surface area (Å²) in [7, 11) is -3.51. The van der Waals surface area contributed by atoms with Crippen LogP contribution < -0.4 is 9.62 Å². The van der Waals surface area contributed by atoms with Crippen LogP contribution in [-0.4, -0.2) is 50.5 Å². The van der Waals surface area contributed by atoms with Crippen LogP contribution in [-0.2, 0) is 32.6 Å². The minimum absolute atomic E-state index is 0.142. The predicted molar refractivity (Wildman–Crippen MR) is 151 cm³/mol. The van der Waals surface area contributed by atoms with E-state index in [0.717, 1.165) is 36.0 Å². The lowest BCUT2D eigenvalue weighted by Gasteiger charge is -2.31. The largest absolute Gasteiger partial charge is 0.354 e. The van der Waals surface area contributed by atoms with E-state index in [1.807, 2.05) is 57.2 Å². The van der Waals surface area contributed by atoms with E-state index in [2.05, 4.69) is 12.2 Å². The molecule has 204 valence electrons. The van der Waals surface area contributed by atoms with E-state index < -0.39 is 16.1 Å². The number of sulfonamides is 1. The van der Waals surface area contributed by atoms with Crippen molar-refractivity contribution in [3.8, 4) is 0 Å². The van der Waals surface area contributed by atoms with Gasteiger partial charge in [0.15, 0.2) is 0 Å². The van der Waals surface area contributed by atoms with Gasteiger partial charge in [0.25, 0.3) is 0 Å². The Hall–Kier alpha value is -2.87. The first kappa shape index (κ1) is 30.4. The summed E-state index contributed by atoms with van der Waals surface area (Å²) in [6, 6.07) is 14.8. The summed E-state index contributed by atoms with van der Waals surface area (Å²) in [6.45, 7) is 9.12. The molecule has 1 N–H and O–H groups in total. The number of nitrogens with one attached hydrogen (secondary N) is 1. The smallest absolute Gasteiger partial charge is 0.242 e. The Morgan fingerprint density at radius 1 is 0.973 bits per heavy atom. The lowest BCUT2D eigenvalue weighted by molar-refractivity contribution is -0.141. The molecule has 0 spiro atoms. The molecule has 1 atom stereocenters. The number of nitrogens with zero attached hydrogens (tertiary/aromatic N) is 2. The normalized spacial score (nSPS) is 12.1. The van der Waals surface area contributed by atoms with E-state index in [9.17, 15) is 18.0 Å². The topological polar surface area (TPSA) is 86.8 Å². The zero-order valence-electron chi connectivity index (χ0n) is 23.0. The molecule has 7 nitrogen and oxygen atoms in total. The number of aryl methyl sites for hydroxylation is 2. The first-order valence-corrected chi connectivity index (χ1v) is 15.1. The Kier molecular flexibility index (Phi) is 12.1. The molecule has 0 fully saturated rings. The van der Waals surface area contributed by atoms with Crippen molar-refractivity contribution in [1.29, 1.82) is 0 Å². The van der Waals surface area contributed by atoms with Crippen LogP contribution in [0.1, 0.15) is 69.6 Å². The van der Waals surface area contributed by atoms with E-state index in [1.54, 1.807) is 17.0 Å². The fourth-order valence-corrected chi connectivity index (χ4v) is 5.30. The summed E-state index contributed by atoms with van der Waals surface area (Å²) in [6.07, 6.45) is 4.89. The van der Waals surface area contributed by atoms with Crippen LogP contribution in [0.4, 0.5) is 5.69 Å². The van der Waals surface area contributed by atoms with Crippen LogP contribution >= 0.6 is 0 Å². The highest BCUT2D eigenvalue weighted by Gasteiger charge is 2.28. The van der Waals surface area contributed by atoms with Crippen molar-refractivity contribution in [2.45, 2.75) is 78.8 Å². The second-order valence-electron chi connectivity index (χ2n) is 9.54. The van der Waals surface area contributed by atoms with Crippen molar-refractivity contribution >= 4 is 27.5 Å². The Morgan fingerprint density at radius 2 is 1.68 bits per heavy atom. The van der Waals surface area contributed by atoms with Gasteiger partial charge in [0.1, 0.15) is 6.04 Å². The molecule has 8 heteroatoms. The van der Waals surface area contributed by atoms with E-state index in [4.69, 9.17) is 0 Å². The Labute approximate surface area is 223 Å². The molecule has 0 bridgehead atoms. The summed E-state index contributed by atoms with van der Waals surface area (Å²) in [5.74, 6) is -0.306. The molecule has 2 aromatic carbocycles. The van der Waals surface area contributed by atoms with E-state index >= 15 is 0 Å². The summed E-state index contributed by atoms with van der Waals surface area (Å²) in [5, 5.41) is 2.97. The van der Waals surface area contributed by atoms with E-state index in [0.29, 0.717) is 31.6 Å². The molecule has 0 heterocycles. The Bertz CT molecular complexity index is 1120. The van der Waals surface area contributed by atoms with Crippen molar-refractivity contribution in [2.24, 2.45) is 0 Å². The summed E-state index contributed by atoms with van der Waals surface area (Å²) in [5.41, 5.74) is 3.76. The monoisotopic (exact) mass is 529 g/mol. The zero-order chi connectivity index (χ0) is 27.4. The van der Waals surface area contributed by atoms with Gasteiger partial charge in [-0.05, 0) is 55.9 Å². The van der Waals surface area contributed by atoms with Crippen molar-refractivity contribution in [3.05, 3.63) is 65.2 Å². The first-order chi connectivity index (χ1) is 17.6. The van der Waals surface area contributed by atoms with Gasteiger partial charge in [-0.2, -0.15) is 0 Å². The molecule has 0 radical (unpaired) electrons. The minimum Gasteiger partial charge on any atom is -0.354 e. The zero-order valence-corrected chi connectivity index (χ0v) is 23.8. The van der Waals surface area contributed by atoms with Gasteiger partial charge in [-0.1, -0.05) is 69.2 Å². The first-order valence-electron chi connectivity index (χ1n) is 13.3. The SMILES string of the molecule is CCCCNC(=O)[C@H](CC)N(Cc1cccc(C)c1)C(=O)CCCN(c1ccc(CC)cc1)S(C)(=O)=O. The van der Waals surface area contributed by atoms with Gasteiger partial charge in [-0.3, -0.25) is 13.9 Å². The molecule has 2 amide bonds. The number of rotatable bonds is 15. The second kappa shape index (κ2) is 14.8. The quantitative estimate of drug-likeness (QED) is 0.335. The molecule has 37 heavy (non-hydrogen) atoms. The van der Waals surface area contributed by atoms with E-state index in [1.165, 1.54) is 10.6 Å². The van der Waals surface area contributed by atoms with Crippen LogP contribution in [0.15, 0.2) is 48.5 Å². The average molecular weight is 530 g/mol. The van der Waals surface area contributed by atoms with Gasteiger partial charge in [-0.25, -0.2) is 8.42 Å². The maximum absolute atomic E-state index is 13.5. The van der Waals surface area contributed by atoms with Crippen LogP contribution in [0.25, 0.3) is 0 Å². The maximum atomic E-state index is 13.5. The molecule has 0 unspecified atom stereocenters. The van der Waals surface area contributed by atoms with Crippen molar-refractivity contribution in [1.82, 2.24) is 10.2 Å². The Balaban J connectivity index is 2.19. The molecule has 2 rings (SSSR count). The fraction of sp³-hybridized carbons (Fsp3) is 0.517. The highest BCUT2D eigenvalue weighted by Crippen LogP contribution is 2.21. The standard InChI is InChI=1S/C29H43N3O4S/c1-6-9-19-30-29(34)27(8-3)31(22-25-13-10-12-23(4)21-25)28(33)14-11-20-32(37(5,35)36)26-17-15-24(7-2)16-18-26/h10,12-13,15-18,21,27H,6-9,11,14,19-20,22H2,1-5H3,(H,30,34)/t27-/m0/s1. The fourth-order valence-electron chi connectivity index (χ4n) is 4.33. The van der Waals surface area contributed by atoms with Crippen LogP contribution in [0.5, 0.6) is 0 Å². The molecule has 2 aromatic rings. The third-order valence-corrected chi connectivity index (χ3v) is 7.63. The number of carbonyl (C=O) groups excluding carboxylic acids is 2. The number of benzene rings is 2. The van der Waals surface area contributed by atoms with Crippen molar-refractivity contribution in [2.75, 3.05) is 23.7 Å². The second-order valence-corrected chi connectivity index (χ2v) is 11.4. The Morgan fingerprint density at radius 3 is 2.24 bits per heavy atom. The third kappa shape index (κ3) is 9.50. The summed E-state index contributed by atoms with van der Waals surface area (Å²) >= 11 is 0. The minimum atomic E-state index is -3.51. The number of amides is 2. The molecular weight excluding hydrogens is 486 g/mol. The highest BCUT2D eigenvalue weighted by molar-refractivity contribution is 7.92. The predicted octanol–water partition coefficient (Wildman–Crippen LogP) is 4.83. The molecular formula is C29H43N3O4S. The molecule has 0 aliphatic rings. The summed E-state index contributed by atoms with van der Waals surface area (Å²) in [4.78, 5) is 28.2. The van der Waals surface area contributed by atoms with Gasteiger partial charge < -0.3 is 10.2 Å². The number of hydrogen-bond donors (Lipinski definition) is 1. The highest BCUT2D eigenvalue weighted by atomic mass is 32.2. The number of anilines is 1. The average Bonchev–Trinajstić information content (AvgIpc) is 2.86. The van der Waals surface area contributed by atoms with Crippen molar-refractivity contribution in [3.63, 3.8) is 0 Å². The summed E-state index contributed by atoms with van der Waals surface area (Å²) < 4.78 is 26.4. The van der Waals surface area contributed by atoms with Crippen molar-refractivity contribution < 1.29 is 18.0 Å². The van der Waals surface area contributed by atoms with Gasteiger partial charge in [0.2, 0.25) is 21.8 Å². The maximum Gasteiger partial charge on any atom is 0.242 e. The van der Waals surface area contributed by atoms with Crippen LogP contribution in [0.3, 0.4) is 0 Å². The number of hydrogen-bond acceptors (Lipinski definition) is 4. The third-order valence-electron chi connectivity index (χ3n) is 6.44. The molecule has 0 saturated carbocycles. The van der Waals surface area contributed by atoms with Gasteiger partial charge in [-0.15, -0.1) is 0 Å². The van der Waals surface area contributed by atoms with Gasteiger partial charge in [0, 0.05) is 26.1 Å². The lowest BCUT2D eigenvalue weighted by Crippen LogP contribution is -2.49. The number of unbranched alkanes of at least 4 members (excludes halogenated alkanes) is 1. The molecule has 0 aliphatic heterocycles. The van der Waals surface area contributed by atoms with Crippen LogP contribution in [0, 0.1) is 6.92 Å². The molecule has 0 aliphatic carbocycles. The molecule has 0 aromatic heterocycles.